The van der Waals surface area contributed by atoms with E-state index in [-0.39, 0.29) is 17.6 Å². The highest BCUT2D eigenvalue weighted by molar-refractivity contribution is 8.03. The quantitative estimate of drug-likeness (QED) is 0.593. The van der Waals surface area contributed by atoms with Crippen molar-refractivity contribution in [2.24, 2.45) is 0 Å². The first-order chi connectivity index (χ1) is 15.0. The van der Waals surface area contributed by atoms with Gasteiger partial charge >= 0.3 is 5.97 Å². The number of esters is 1. The number of nitrogens with one attached hydrogen (secondary N) is 2. The Kier molecular flexibility index (Phi) is 7.57. The van der Waals surface area contributed by atoms with Gasteiger partial charge in [-0.1, -0.05) is 36.9 Å². The molecule has 2 N–H and O–H groups in total. The van der Waals surface area contributed by atoms with Crippen molar-refractivity contribution in [3.05, 3.63) is 76.4 Å². The Morgan fingerprint density at radius 1 is 1.26 bits per heavy atom. The molecule has 1 unspecified atom stereocenters. The summed E-state index contributed by atoms with van der Waals surface area (Å²) in [4.78, 5) is 25.1. The van der Waals surface area contributed by atoms with Gasteiger partial charge in [-0.15, -0.1) is 0 Å². The number of nitrogens with zero attached hydrogens (tertiary/aromatic N) is 1. The number of ether oxygens (including phenoxy) is 1. The van der Waals surface area contributed by atoms with Crippen LogP contribution in [0.2, 0.25) is 0 Å². The molecule has 0 saturated carbocycles. The molecule has 1 amide bonds. The Labute approximate surface area is 185 Å². The molecule has 1 aromatic carbocycles. The maximum Gasteiger partial charge on any atom is 0.316 e. The van der Waals surface area contributed by atoms with Crippen LogP contribution >= 0.6 is 11.8 Å². The number of carbonyl (C=O) groups excluding carboxylic acids is 2. The molecule has 0 spiro atoms. The van der Waals surface area contributed by atoms with E-state index in [4.69, 9.17) is 9.15 Å². The van der Waals surface area contributed by atoms with Crippen LogP contribution in [0.3, 0.4) is 0 Å². The molecule has 2 heterocycles. The van der Waals surface area contributed by atoms with Crippen molar-refractivity contribution >= 4 is 29.3 Å². The highest BCUT2D eigenvalue weighted by Gasteiger charge is 2.36. The van der Waals surface area contributed by atoms with Crippen molar-refractivity contribution in [3.63, 3.8) is 0 Å². The van der Waals surface area contributed by atoms with Gasteiger partial charge in [0.15, 0.2) is 0 Å². The van der Waals surface area contributed by atoms with Crippen LogP contribution in [-0.2, 0) is 14.3 Å². The summed E-state index contributed by atoms with van der Waals surface area (Å²) in [6.45, 7) is 4.04. The first kappa shape index (κ1) is 22.2. The van der Waals surface area contributed by atoms with E-state index in [1.165, 1.54) is 18.0 Å². The number of anilines is 1. The van der Waals surface area contributed by atoms with Gasteiger partial charge in [-0.3, -0.25) is 9.59 Å². The second-order valence-corrected chi connectivity index (χ2v) is 7.78. The highest BCUT2D eigenvalue weighted by atomic mass is 32.2. The summed E-state index contributed by atoms with van der Waals surface area (Å²) in [5.74, 6) is -0.864. The van der Waals surface area contributed by atoms with Crippen molar-refractivity contribution in [1.82, 2.24) is 5.32 Å². The Bertz CT molecular complexity index is 1040. The Hall–Kier alpha value is -3.44. The standard InChI is InChI=1S/C23H23N3O4S/c1-3-11-30-19(27)14-31-23-17(13-24)21(18-10-7-12-29-18)20(15(2)25-23)22(28)26-16-8-5-4-6-9-16/h4-10,12,21,25H,3,11,14H2,1-2H3,(H,26,28). The van der Waals surface area contributed by atoms with Crippen LogP contribution in [0.1, 0.15) is 31.9 Å². The molecule has 1 aliphatic rings. The molecule has 160 valence electrons. The summed E-state index contributed by atoms with van der Waals surface area (Å²) in [5.41, 5.74) is 1.92. The zero-order chi connectivity index (χ0) is 22.2. The Morgan fingerprint density at radius 3 is 2.68 bits per heavy atom. The minimum absolute atomic E-state index is 0.0528. The smallest absolute Gasteiger partial charge is 0.316 e. The third kappa shape index (κ3) is 5.38. The molecule has 31 heavy (non-hydrogen) atoms. The summed E-state index contributed by atoms with van der Waals surface area (Å²) in [5, 5.41) is 16.4. The average Bonchev–Trinajstić information content (AvgIpc) is 3.30. The lowest BCUT2D eigenvalue weighted by Gasteiger charge is -2.28. The lowest BCUT2D eigenvalue weighted by atomic mass is 9.85. The molecule has 1 atom stereocenters. The number of benzene rings is 1. The van der Waals surface area contributed by atoms with Crippen molar-refractivity contribution in [2.75, 3.05) is 17.7 Å². The molecule has 0 radical (unpaired) electrons. The van der Waals surface area contributed by atoms with E-state index in [1.54, 1.807) is 31.2 Å². The molecule has 0 saturated heterocycles. The first-order valence-electron chi connectivity index (χ1n) is 9.85. The monoisotopic (exact) mass is 437 g/mol. The third-order valence-electron chi connectivity index (χ3n) is 4.55. The predicted octanol–water partition coefficient (Wildman–Crippen LogP) is 4.30. The van der Waals surface area contributed by atoms with Crippen LogP contribution < -0.4 is 10.6 Å². The summed E-state index contributed by atoms with van der Waals surface area (Å²) in [6.07, 6.45) is 2.24. The zero-order valence-electron chi connectivity index (χ0n) is 17.3. The minimum atomic E-state index is -0.695. The van der Waals surface area contributed by atoms with E-state index < -0.39 is 5.92 Å². The molecule has 7 nitrogen and oxygen atoms in total. The number of furan rings is 1. The number of dihydropyridines is 1. The fourth-order valence-corrected chi connectivity index (χ4v) is 4.07. The zero-order valence-corrected chi connectivity index (χ0v) is 18.1. The molecule has 8 heteroatoms. The number of hydrogen-bond acceptors (Lipinski definition) is 7. The van der Waals surface area contributed by atoms with Gasteiger partial charge in [0.1, 0.15) is 5.76 Å². The molecule has 0 fully saturated rings. The number of para-hydroxylation sites is 1. The Balaban J connectivity index is 1.91. The molecular weight excluding hydrogens is 414 g/mol. The van der Waals surface area contributed by atoms with Gasteiger partial charge < -0.3 is 19.8 Å². The topological polar surface area (TPSA) is 104 Å². The fraction of sp³-hybridized carbons (Fsp3) is 0.261. The van der Waals surface area contributed by atoms with Crippen LogP contribution in [0.5, 0.6) is 0 Å². The van der Waals surface area contributed by atoms with Crippen molar-refractivity contribution in [1.29, 1.82) is 5.26 Å². The third-order valence-corrected chi connectivity index (χ3v) is 5.54. The number of rotatable bonds is 8. The molecular formula is C23H23N3O4S. The van der Waals surface area contributed by atoms with E-state index in [0.717, 1.165) is 6.42 Å². The van der Waals surface area contributed by atoms with Crippen molar-refractivity contribution in [3.8, 4) is 6.07 Å². The summed E-state index contributed by atoms with van der Waals surface area (Å²) < 4.78 is 10.7. The van der Waals surface area contributed by atoms with Crippen LogP contribution in [0, 0.1) is 11.3 Å². The predicted molar refractivity (Wildman–Crippen MR) is 119 cm³/mol. The highest BCUT2D eigenvalue weighted by Crippen LogP contribution is 2.41. The summed E-state index contributed by atoms with van der Waals surface area (Å²) in [7, 11) is 0. The van der Waals surface area contributed by atoms with Gasteiger partial charge in [0.05, 0.1) is 46.8 Å². The largest absolute Gasteiger partial charge is 0.468 e. The number of carbonyl (C=O) groups is 2. The second kappa shape index (κ2) is 10.5. The van der Waals surface area contributed by atoms with E-state index in [2.05, 4.69) is 16.7 Å². The molecule has 0 aliphatic carbocycles. The Morgan fingerprint density at radius 2 is 2.03 bits per heavy atom. The van der Waals surface area contributed by atoms with Crippen molar-refractivity contribution < 1.29 is 18.7 Å². The molecule has 0 bridgehead atoms. The second-order valence-electron chi connectivity index (χ2n) is 6.80. The summed E-state index contributed by atoms with van der Waals surface area (Å²) >= 11 is 1.18. The van der Waals surface area contributed by atoms with Gasteiger partial charge in [0.2, 0.25) is 0 Å². The van der Waals surface area contributed by atoms with Gasteiger partial charge in [-0.05, 0) is 37.6 Å². The van der Waals surface area contributed by atoms with Crippen LogP contribution in [-0.4, -0.2) is 24.2 Å². The van der Waals surface area contributed by atoms with Crippen molar-refractivity contribution in [2.45, 2.75) is 26.2 Å². The maximum atomic E-state index is 13.2. The SMILES string of the molecule is CCCOC(=O)CSC1=C(C#N)C(c2ccco2)C(C(=O)Nc2ccccc2)=C(C)N1. The number of amides is 1. The lowest BCUT2D eigenvalue weighted by molar-refractivity contribution is -0.140. The van der Waals surface area contributed by atoms with Crippen LogP contribution in [0.4, 0.5) is 5.69 Å². The lowest BCUT2D eigenvalue weighted by Crippen LogP contribution is -2.30. The van der Waals surface area contributed by atoms with E-state index >= 15 is 0 Å². The van der Waals surface area contributed by atoms with Gasteiger partial charge in [-0.2, -0.15) is 5.26 Å². The molecule has 1 aromatic heterocycles. The maximum absolute atomic E-state index is 13.2. The van der Waals surface area contributed by atoms with Gasteiger partial charge in [0, 0.05) is 11.4 Å². The van der Waals surface area contributed by atoms with Crippen LogP contribution in [0.15, 0.2) is 75.0 Å². The molecule has 2 aromatic rings. The summed E-state index contributed by atoms with van der Waals surface area (Å²) in [6, 6.07) is 14.7. The average molecular weight is 438 g/mol. The molecule has 3 rings (SSSR count). The number of thioether (sulfide) groups is 1. The van der Waals surface area contributed by atoms with E-state index in [9.17, 15) is 14.9 Å². The number of hydrogen-bond donors (Lipinski definition) is 2. The fourth-order valence-electron chi connectivity index (χ4n) is 3.18. The molecule has 1 aliphatic heterocycles. The van der Waals surface area contributed by atoms with Gasteiger partial charge in [0.25, 0.3) is 5.91 Å². The number of nitriles is 1. The van der Waals surface area contributed by atoms with Crippen LogP contribution in [0.25, 0.3) is 0 Å². The number of allylic oxidation sites excluding steroid dienone is 2. The van der Waals surface area contributed by atoms with E-state index in [1.807, 2.05) is 25.1 Å². The first-order valence-corrected chi connectivity index (χ1v) is 10.8. The minimum Gasteiger partial charge on any atom is -0.468 e. The van der Waals surface area contributed by atoms with E-state index in [0.29, 0.717) is 39.9 Å². The normalized spacial score (nSPS) is 15.8. The van der Waals surface area contributed by atoms with Gasteiger partial charge in [-0.25, -0.2) is 0 Å².